The molecule has 0 amide bonds. The van der Waals surface area contributed by atoms with Gasteiger partial charge in [-0.25, -0.2) is 0 Å². The van der Waals surface area contributed by atoms with Gasteiger partial charge in [0.2, 0.25) is 11.7 Å². The molecule has 2 heterocycles. The fourth-order valence-corrected chi connectivity index (χ4v) is 3.11. The first-order valence-corrected chi connectivity index (χ1v) is 8.96. The number of aromatic nitrogens is 2. The highest BCUT2D eigenvalue weighted by Crippen LogP contribution is 2.22. The van der Waals surface area contributed by atoms with Crippen molar-refractivity contribution in [2.24, 2.45) is 0 Å². The van der Waals surface area contributed by atoms with E-state index >= 15 is 0 Å². The Hall–Kier alpha value is -2.30. The molecule has 2 aromatic heterocycles. The molecule has 0 fully saturated rings. The molecule has 0 spiro atoms. The lowest BCUT2D eigenvalue weighted by Gasteiger charge is -2.04. The topological polar surface area (TPSA) is 71.9 Å². The first-order valence-electron chi connectivity index (χ1n) is 6.92. The Labute approximate surface area is 141 Å². The van der Waals surface area contributed by atoms with Crippen molar-refractivity contribution in [2.45, 2.75) is 5.75 Å². The van der Waals surface area contributed by atoms with E-state index in [0.29, 0.717) is 29.6 Å². The van der Waals surface area contributed by atoms with E-state index in [1.54, 1.807) is 47.4 Å². The van der Waals surface area contributed by atoms with Crippen molar-refractivity contribution in [3.05, 3.63) is 53.2 Å². The van der Waals surface area contributed by atoms with Gasteiger partial charge in [-0.3, -0.25) is 0 Å². The number of nitriles is 1. The van der Waals surface area contributed by atoms with Crippen molar-refractivity contribution in [3.8, 4) is 22.5 Å². The molecule has 116 valence electrons. The molecule has 0 unspecified atom stereocenters. The summed E-state index contributed by atoms with van der Waals surface area (Å²) in [5, 5.41) is 14.7. The Kier molecular flexibility index (Phi) is 5.29. The zero-order valence-corrected chi connectivity index (χ0v) is 13.8. The molecule has 0 radical (unpaired) electrons. The van der Waals surface area contributed by atoms with Gasteiger partial charge >= 0.3 is 0 Å². The van der Waals surface area contributed by atoms with E-state index in [1.165, 1.54) is 0 Å². The largest absolute Gasteiger partial charge is 0.493 e. The molecule has 0 N–H and O–H groups in total. The summed E-state index contributed by atoms with van der Waals surface area (Å²) in [5.41, 5.74) is 0.629. The summed E-state index contributed by atoms with van der Waals surface area (Å²) < 4.78 is 10.8. The van der Waals surface area contributed by atoms with Crippen molar-refractivity contribution in [2.75, 3.05) is 12.4 Å². The molecule has 0 atom stereocenters. The van der Waals surface area contributed by atoms with E-state index in [-0.39, 0.29) is 0 Å². The molecule has 1 aromatic carbocycles. The summed E-state index contributed by atoms with van der Waals surface area (Å²) in [5.74, 6) is 3.51. The van der Waals surface area contributed by atoms with Gasteiger partial charge in [-0.15, -0.1) is 23.1 Å². The monoisotopic (exact) mass is 343 g/mol. The normalized spacial score (nSPS) is 10.4. The molecular weight excluding hydrogens is 330 g/mol. The Balaban J connectivity index is 1.39. The van der Waals surface area contributed by atoms with Gasteiger partial charge in [0.15, 0.2) is 0 Å². The van der Waals surface area contributed by atoms with Crippen LogP contribution in [0.25, 0.3) is 10.7 Å². The van der Waals surface area contributed by atoms with Crippen LogP contribution in [0, 0.1) is 11.3 Å². The first-order chi connectivity index (χ1) is 11.3. The number of hydrogen-bond acceptors (Lipinski definition) is 7. The van der Waals surface area contributed by atoms with Gasteiger partial charge in [0, 0.05) is 5.75 Å². The maximum Gasteiger partial charge on any atom is 0.236 e. The highest BCUT2D eigenvalue weighted by Gasteiger charge is 2.09. The van der Waals surface area contributed by atoms with Gasteiger partial charge in [0.1, 0.15) is 5.75 Å². The fraction of sp³-hybridized carbons (Fsp3) is 0.188. The van der Waals surface area contributed by atoms with Crippen molar-refractivity contribution in [1.29, 1.82) is 5.26 Å². The van der Waals surface area contributed by atoms with Crippen LogP contribution < -0.4 is 4.74 Å². The molecule has 5 nitrogen and oxygen atoms in total. The highest BCUT2D eigenvalue weighted by molar-refractivity contribution is 7.98. The van der Waals surface area contributed by atoms with Crippen LogP contribution in [-0.2, 0) is 5.75 Å². The summed E-state index contributed by atoms with van der Waals surface area (Å²) in [6.07, 6.45) is 0. The summed E-state index contributed by atoms with van der Waals surface area (Å²) in [7, 11) is 0. The van der Waals surface area contributed by atoms with Crippen LogP contribution in [-0.4, -0.2) is 22.5 Å². The minimum Gasteiger partial charge on any atom is -0.493 e. The van der Waals surface area contributed by atoms with Gasteiger partial charge in [0.25, 0.3) is 0 Å². The zero-order chi connectivity index (χ0) is 15.9. The molecule has 3 rings (SSSR count). The first kappa shape index (κ1) is 15.6. The van der Waals surface area contributed by atoms with Crippen LogP contribution in [0.15, 0.2) is 46.3 Å². The van der Waals surface area contributed by atoms with E-state index in [1.807, 2.05) is 17.5 Å². The average molecular weight is 343 g/mol. The van der Waals surface area contributed by atoms with E-state index < -0.39 is 0 Å². The molecule has 0 bridgehead atoms. The number of thiophene rings is 1. The minimum atomic E-state index is 0.586. The Morgan fingerprint density at radius 3 is 2.87 bits per heavy atom. The molecule has 0 aliphatic rings. The van der Waals surface area contributed by atoms with Gasteiger partial charge in [-0.1, -0.05) is 11.2 Å². The van der Waals surface area contributed by atoms with Gasteiger partial charge in [-0.05, 0) is 35.7 Å². The maximum atomic E-state index is 8.73. The molecular formula is C16H13N3O2S2. The summed E-state index contributed by atoms with van der Waals surface area (Å²) in [6.45, 7) is 0.586. The summed E-state index contributed by atoms with van der Waals surface area (Å²) in [4.78, 5) is 5.38. The van der Waals surface area contributed by atoms with Gasteiger partial charge in [0.05, 0.1) is 28.9 Å². The Bertz CT molecular complexity index is 777. The predicted octanol–water partition coefficient (Wildman–Crippen LogP) is 3.98. The Morgan fingerprint density at radius 2 is 2.13 bits per heavy atom. The lowest BCUT2D eigenvalue weighted by molar-refractivity contribution is 0.343. The number of hydrogen-bond donors (Lipinski definition) is 0. The smallest absolute Gasteiger partial charge is 0.236 e. The number of thioether (sulfide) groups is 1. The SMILES string of the molecule is N#Cc1ccc(OCCSCc2nc(-c3cccs3)no2)cc1. The van der Waals surface area contributed by atoms with E-state index in [9.17, 15) is 0 Å². The molecule has 0 aliphatic carbocycles. The lowest BCUT2D eigenvalue weighted by atomic mass is 10.2. The number of nitrogens with zero attached hydrogens (tertiary/aromatic N) is 3. The van der Waals surface area contributed by atoms with Crippen molar-refractivity contribution in [3.63, 3.8) is 0 Å². The molecule has 0 saturated heterocycles. The van der Waals surface area contributed by atoms with Crippen molar-refractivity contribution in [1.82, 2.24) is 10.1 Å². The van der Waals surface area contributed by atoms with Crippen molar-refractivity contribution >= 4 is 23.1 Å². The second-order valence-corrected chi connectivity index (χ2v) is 6.58. The summed E-state index contributed by atoms with van der Waals surface area (Å²) >= 11 is 3.26. The maximum absolute atomic E-state index is 8.73. The fourth-order valence-electron chi connectivity index (χ4n) is 1.82. The second kappa shape index (κ2) is 7.81. The van der Waals surface area contributed by atoms with Crippen LogP contribution in [0.1, 0.15) is 11.5 Å². The van der Waals surface area contributed by atoms with Crippen LogP contribution in [0.5, 0.6) is 5.75 Å². The van der Waals surface area contributed by atoms with Crippen LogP contribution in [0.2, 0.25) is 0 Å². The molecule has 3 aromatic rings. The predicted molar refractivity (Wildman–Crippen MR) is 90.4 cm³/mol. The number of rotatable bonds is 7. The van der Waals surface area contributed by atoms with E-state index in [4.69, 9.17) is 14.5 Å². The highest BCUT2D eigenvalue weighted by atomic mass is 32.2. The average Bonchev–Trinajstić information content (AvgIpc) is 3.26. The van der Waals surface area contributed by atoms with Gasteiger partial charge < -0.3 is 9.26 Å². The molecule has 0 saturated carbocycles. The quantitative estimate of drug-likeness (QED) is 0.604. The lowest BCUT2D eigenvalue weighted by Crippen LogP contribution is -2.00. The number of benzene rings is 1. The van der Waals surface area contributed by atoms with E-state index in [2.05, 4.69) is 16.2 Å². The zero-order valence-electron chi connectivity index (χ0n) is 12.1. The third kappa shape index (κ3) is 4.34. The third-order valence-corrected chi connectivity index (χ3v) is 4.69. The standard InChI is InChI=1S/C16H13N3O2S2/c17-10-12-3-5-13(6-4-12)20-7-9-22-11-15-18-16(19-21-15)14-2-1-8-23-14/h1-6,8H,7,9,11H2. The number of ether oxygens (including phenoxy) is 1. The second-order valence-electron chi connectivity index (χ2n) is 4.53. The minimum absolute atomic E-state index is 0.586. The van der Waals surface area contributed by atoms with Gasteiger partial charge in [-0.2, -0.15) is 10.2 Å². The molecule has 23 heavy (non-hydrogen) atoms. The molecule has 0 aliphatic heterocycles. The van der Waals surface area contributed by atoms with Crippen LogP contribution in [0.3, 0.4) is 0 Å². The third-order valence-electron chi connectivity index (χ3n) is 2.92. The van der Waals surface area contributed by atoms with Crippen LogP contribution >= 0.6 is 23.1 Å². The van der Waals surface area contributed by atoms with E-state index in [0.717, 1.165) is 16.4 Å². The van der Waals surface area contributed by atoms with Crippen LogP contribution in [0.4, 0.5) is 0 Å². The summed E-state index contributed by atoms with van der Waals surface area (Å²) in [6, 6.07) is 13.1. The molecule has 7 heteroatoms. The Morgan fingerprint density at radius 1 is 1.26 bits per heavy atom. The van der Waals surface area contributed by atoms with Crippen molar-refractivity contribution < 1.29 is 9.26 Å².